The fourth-order valence-corrected chi connectivity index (χ4v) is 2.62. The van der Waals surface area contributed by atoms with E-state index >= 15 is 0 Å². The number of nitrogens with zero attached hydrogens (tertiary/aromatic N) is 3. The number of ether oxygens (including phenoxy) is 1. The van der Waals surface area contributed by atoms with Crippen LogP contribution in [-0.2, 0) is 22.6 Å². The highest BCUT2D eigenvalue weighted by atomic mass is 16.5. The Morgan fingerprint density at radius 1 is 1.04 bits per heavy atom. The van der Waals surface area contributed by atoms with Crippen LogP contribution in [0.4, 0.5) is 0 Å². The second-order valence-electron chi connectivity index (χ2n) is 5.76. The monoisotopic (exact) mass is 313 g/mol. The summed E-state index contributed by atoms with van der Waals surface area (Å²) < 4.78 is 5.01. The summed E-state index contributed by atoms with van der Waals surface area (Å²) in [5, 5.41) is 0. The number of pyridine rings is 2. The summed E-state index contributed by atoms with van der Waals surface area (Å²) in [5.41, 5.74) is 1.83. The van der Waals surface area contributed by atoms with Gasteiger partial charge in [0.1, 0.15) is 6.04 Å². The summed E-state index contributed by atoms with van der Waals surface area (Å²) in [7, 11) is 1.43. The van der Waals surface area contributed by atoms with Crippen molar-refractivity contribution in [3.05, 3.63) is 60.2 Å². The molecule has 2 aromatic heterocycles. The standard InChI is InChI=1S/C18H23N3O2/c1-14(2)17(18(22)23-3)21(12-15-8-4-6-10-19-15)13-16-9-5-7-11-20-16/h4-11,14,17H,12-13H2,1-3H3/t17-/m0/s1. The molecule has 0 aliphatic rings. The van der Waals surface area contributed by atoms with Gasteiger partial charge in [0.05, 0.1) is 18.5 Å². The Balaban J connectivity index is 2.27. The molecular formula is C18H23N3O2. The summed E-state index contributed by atoms with van der Waals surface area (Å²) in [4.78, 5) is 23.1. The van der Waals surface area contributed by atoms with E-state index < -0.39 is 0 Å². The lowest BCUT2D eigenvalue weighted by Crippen LogP contribution is -2.44. The van der Waals surface area contributed by atoms with Crippen molar-refractivity contribution >= 4 is 5.97 Å². The molecule has 2 heterocycles. The van der Waals surface area contributed by atoms with Crippen molar-refractivity contribution in [2.45, 2.75) is 33.0 Å². The molecule has 2 aromatic rings. The van der Waals surface area contributed by atoms with Gasteiger partial charge in [0.2, 0.25) is 0 Å². The van der Waals surface area contributed by atoms with Crippen molar-refractivity contribution in [1.29, 1.82) is 0 Å². The van der Waals surface area contributed by atoms with E-state index in [4.69, 9.17) is 4.74 Å². The SMILES string of the molecule is COC(=O)[C@H](C(C)C)N(Cc1ccccn1)Cc1ccccn1. The molecule has 1 atom stereocenters. The van der Waals surface area contributed by atoms with Crippen molar-refractivity contribution in [3.8, 4) is 0 Å². The minimum absolute atomic E-state index is 0.120. The van der Waals surface area contributed by atoms with Gasteiger partial charge in [-0.25, -0.2) is 0 Å². The van der Waals surface area contributed by atoms with Crippen molar-refractivity contribution in [3.63, 3.8) is 0 Å². The Kier molecular flexibility index (Phi) is 6.23. The van der Waals surface area contributed by atoms with Gasteiger partial charge in [-0.05, 0) is 30.2 Å². The number of methoxy groups -OCH3 is 1. The van der Waals surface area contributed by atoms with E-state index in [1.54, 1.807) is 12.4 Å². The molecule has 0 spiro atoms. The predicted molar refractivity (Wildman–Crippen MR) is 88.4 cm³/mol. The molecule has 23 heavy (non-hydrogen) atoms. The molecule has 122 valence electrons. The largest absolute Gasteiger partial charge is 0.468 e. The van der Waals surface area contributed by atoms with Gasteiger partial charge in [-0.1, -0.05) is 26.0 Å². The minimum atomic E-state index is -0.344. The van der Waals surface area contributed by atoms with Crippen LogP contribution in [0.1, 0.15) is 25.2 Å². The highest BCUT2D eigenvalue weighted by Crippen LogP contribution is 2.18. The summed E-state index contributed by atoms with van der Waals surface area (Å²) in [5.74, 6) is -0.110. The van der Waals surface area contributed by atoms with Crippen LogP contribution < -0.4 is 0 Å². The lowest BCUT2D eigenvalue weighted by atomic mass is 10.0. The molecule has 0 radical (unpaired) electrons. The third kappa shape index (κ3) is 4.86. The summed E-state index contributed by atoms with van der Waals surface area (Å²) in [6.07, 6.45) is 3.52. The van der Waals surface area contributed by atoms with Gasteiger partial charge in [-0.15, -0.1) is 0 Å². The maximum Gasteiger partial charge on any atom is 0.323 e. The second kappa shape index (κ2) is 8.39. The maximum absolute atomic E-state index is 12.3. The first-order valence-corrected chi connectivity index (χ1v) is 7.73. The minimum Gasteiger partial charge on any atom is -0.468 e. The predicted octanol–water partition coefficient (Wildman–Crippen LogP) is 2.68. The van der Waals surface area contributed by atoms with Crippen LogP contribution >= 0.6 is 0 Å². The number of carbonyl (C=O) groups is 1. The number of esters is 1. The molecule has 0 unspecified atom stereocenters. The molecule has 0 aliphatic heterocycles. The van der Waals surface area contributed by atoms with E-state index in [-0.39, 0.29) is 17.9 Å². The lowest BCUT2D eigenvalue weighted by Gasteiger charge is -2.31. The highest BCUT2D eigenvalue weighted by Gasteiger charge is 2.30. The zero-order valence-corrected chi connectivity index (χ0v) is 13.8. The third-order valence-electron chi connectivity index (χ3n) is 3.65. The van der Waals surface area contributed by atoms with Crippen molar-refractivity contribution in [2.75, 3.05) is 7.11 Å². The molecule has 0 aromatic carbocycles. The third-order valence-corrected chi connectivity index (χ3v) is 3.65. The first-order valence-electron chi connectivity index (χ1n) is 7.73. The number of aromatic nitrogens is 2. The molecule has 0 N–H and O–H groups in total. The number of hydrogen-bond acceptors (Lipinski definition) is 5. The lowest BCUT2D eigenvalue weighted by molar-refractivity contribution is -0.149. The Morgan fingerprint density at radius 2 is 1.57 bits per heavy atom. The van der Waals surface area contributed by atoms with Crippen LogP contribution in [0, 0.1) is 5.92 Å². The Morgan fingerprint density at radius 3 is 1.91 bits per heavy atom. The van der Waals surface area contributed by atoms with E-state index in [1.165, 1.54) is 7.11 Å². The van der Waals surface area contributed by atoms with Crippen molar-refractivity contribution in [1.82, 2.24) is 14.9 Å². The topological polar surface area (TPSA) is 55.3 Å². The van der Waals surface area contributed by atoms with Crippen LogP contribution in [0.15, 0.2) is 48.8 Å². The molecule has 0 saturated heterocycles. The molecule has 5 nitrogen and oxygen atoms in total. The first-order chi connectivity index (χ1) is 11.1. The van der Waals surface area contributed by atoms with Crippen LogP contribution in [-0.4, -0.2) is 34.0 Å². The van der Waals surface area contributed by atoms with Gasteiger partial charge in [-0.2, -0.15) is 0 Å². The summed E-state index contributed by atoms with van der Waals surface area (Å²) in [6, 6.07) is 11.2. The Labute approximate surface area is 137 Å². The number of carbonyl (C=O) groups excluding carboxylic acids is 1. The molecule has 0 bridgehead atoms. The van der Waals surface area contributed by atoms with Gasteiger partial charge in [0.25, 0.3) is 0 Å². The van der Waals surface area contributed by atoms with Crippen LogP contribution in [0.3, 0.4) is 0 Å². The van der Waals surface area contributed by atoms with Gasteiger partial charge in [0, 0.05) is 25.5 Å². The molecular weight excluding hydrogens is 290 g/mol. The molecule has 2 rings (SSSR count). The normalized spacial score (nSPS) is 12.4. The second-order valence-corrected chi connectivity index (χ2v) is 5.76. The average molecular weight is 313 g/mol. The smallest absolute Gasteiger partial charge is 0.323 e. The van der Waals surface area contributed by atoms with E-state index in [9.17, 15) is 4.79 Å². The fraction of sp³-hybridized carbons (Fsp3) is 0.389. The first kappa shape index (κ1) is 17.1. The molecule has 0 aliphatic carbocycles. The van der Waals surface area contributed by atoms with E-state index in [0.717, 1.165) is 11.4 Å². The van der Waals surface area contributed by atoms with Crippen LogP contribution in [0.25, 0.3) is 0 Å². The summed E-state index contributed by atoms with van der Waals surface area (Å²) in [6.45, 7) is 5.17. The Hall–Kier alpha value is -2.27. The fourth-order valence-electron chi connectivity index (χ4n) is 2.62. The number of rotatable bonds is 7. The molecule has 0 saturated carbocycles. The van der Waals surface area contributed by atoms with Crippen LogP contribution in [0.2, 0.25) is 0 Å². The highest BCUT2D eigenvalue weighted by molar-refractivity contribution is 5.75. The van der Waals surface area contributed by atoms with E-state index in [0.29, 0.717) is 13.1 Å². The molecule has 5 heteroatoms. The maximum atomic E-state index is 12.3. The van der Waals surface area contributed by atoms with Gasteiger partial charge >= 0.3 is 5.97 Å². The number of hydrogen-bond donors (Lipinski definition) is 0. The van der Waals surface area contributed by atoms with E-state index in [2.05, 4.69) is 14.9 Å². The molecule has 0 amide bonds. The van der Waals surface area contributed by atoms with Crippen molar-refractivity contribution < 1.29 is 9.53 Å². The zero-order chi connectivity index (χ0) is 16.7. The van der Waals surface area contributed by atoms with Gasteiger partial charge in [0.15, 0.2) is 0 Å². The summed E-state index contributed by atoms with van der Waals surface area (Å²) >= 11 is 0. The average Bonchev–Trinajstić information content (AvgIpc) is 2.56. The van der Waals surface area contributed by atoms with Crippen molar-refractivity contribution in [2.24, 2.45) is 5.92 Å². The Bertz CT molecular complexity index is 561. The van der Waals surface area contributed by atoms with Gasteiger partial charge < -0.3 is 4.74 Å². The quantitative estimate of drug-likeness (QED) is 0.736. The molecule has 0 fully saturated rings. The zero-order valence-electron chi connectivity index (χ0n) is 13.8. The van der Waals surface area contributed by atoms with E-state index in [1.807, 2.05) is 50.2 Å². The van der Waals surface area contributed by atoms with Crippen LogP contribution in [0.5, 0.6) is 0 Å². The van der Waals surface area contributed by atoms with Gasteiger partial charge in [-0.3, -0.25) is 19.7 Å².